The van der Waals surface area contributed by atoms with Crippen molar-refractivity contribution in [2.75, 3.05) is 0 Å². The fourth-order valence-electron chi connectivity index (χ4n) is 3.17. The van der Waals surface area contributed by atoms with Crippen molar-refractivity contribution in [2.45, 2.75) is 6.54 Å². The van der Waals surface area contributed by atoms with Crippen LogP contribution >= 0.6 is 0 Å². The van der Waals surface area contributed by atoms with Crippen molar-refractivity contribution in [3.05, 3.63) is 100 Å². The number of aromatic hydroxyl groups is 1. The van der Waals surface area contributed by atoms with Gasteiger partial charge in [-0.05, 0) is 59.5 Å². The normalized spacial score (nSPS) is 11.1. The van der Waals surface area contributed by atoms with Gasteiger partial charge in [0, 0.05) is 11.6 Å². The van der Waals surface area contributed by atoms with E-state index < -0.39 is 23.0 Å². The molecule has 0 aliphatic rings. The van der Waals surface area contributed by atoms with E-state index in [1.807, 2.05) is 0 Å². The van der Waals surface area contributed by atoms with Crippen molar-refractivity contribution in [2.24, 2.45) is 0 Å². The fraction of sp³-hybridized carbons (Fsp3) is 0.0455. The Hall–Kier alpha value is -3.54. The van der Waals surface area contributed by atoms with Crippen LogP contribution in [0.2, 0.25) is 0 Å². The summed E-state index contributed by atoms with van der Waals surface area (Å²) in [5.74, 6) is -1.98. The molecule has 1 N–H and O–H groups in total. The van der Waals surface area contributed by atoms with Crippen LogP contribution in [0.4, 0.5) is 13.2 Å². The van der Waals surface area contributed by atoms with E-state index in [4.69, 9.17) is 0 Å². The fourth-order valence-corrected chi connectivity index (χ4v) is 3.17. The maximum Gasteiger partial charge on any atom is 0.259 e. The van der Waals surface area contributed by atoms with Gasteiger partial charge in [-0.15, -0.1) is 0 Å². The summed E-state index contributed by atoms with van der Waals surface area (Å²) in [6, 6.07) is 14.9. The quantitative estimate of drug-likeness (QED) is 0.552. The molecule has 6 heteroatoms. The first kappa shape index (κ1) is 17.9. The molecule has 140 valence electrons. The molecule has 0 amide bonds. The molecule has 1 aromatic heterocycles. The summed E-state index contributed by atoms with van der Waals surface area (Å²) >= 11 is 0. The van der Waals surface area contributed by atoms with Crippen molar-refractivity contribution in [3.63, 3.8) is 0 Å². The second-order valence-corrected chi connectivity index (χ2v) is 6.44. The number of hydrogen-bond acceptors (Lipinski definition) is 2. The van der Waals surface area contributed by atoms with Crippen molar-refractivity contribution in [1.82, 2.24) is 4.57 Å². The lowest BCUT2D eigenvalue weighted by Gasteiger charge is -2.16. The van der Waals surface area contributed by atoms with Gasteiger partial charge < -0.3 is 9.67 Å². The second kappa shape index (κ2) is 6.88. The molecular weight excluding hydrogens is 367 g/mol. The van der Waals surface area contributed by atoms with Gasteiger partial charge in [-0.2, -0.15) is 0 Å². The summed E-state index contributed by atoms with van der Waals surface area (Å²) < 4.78 is 42.4. The van der Waals surface area contributed by atoms with Crippen LogP contribution < -0.4 is 5.56 Å². The van der Waals surface area contributed by atoms with E-state index in [0.717, 1.165) is 18.2 Å². The van der Waals surface area contributed by atoms with Gasteiger partial charge in [0.15, 0.2) is 0 Å². The maximum atomic E-state index is 14.2. The van der Waals surface area contributed by atoms with Crippen LogP contribution in [0, 0.1) is 17.5 Å². The van der Waals surface area contributed by atoms with Gasteiger partial charge in [0.05, 0.1) is 17.6 Å². The van der Waals surface area contributed by atoms with Gasteiger partial charge in [-0.3, -0.25) is 4.79 Å². The number of phenols is 1. The summed E-state index contributed by atoms with van der Waals surface area (Å²) in [6.07, 6.45) is 0. The molecule has 0 unspecified atom stereocenters. The lowest BCUT2D eigenvalue weighted by atomic mass is 10.1. The highest BCUT2D eigenvalue weighted by Gasteiger charge is 2.14. The molecule has 1 heterocycles. The molecule has 0 fully saturated rings. The lowest BCUT2D eigenvalue weighted by Crippen LogP contribution is -2.23. The highest BCUT2D eigenvalue weighted by molar-refractivity contribution is 5.85. The minimum absolute atomic E-state index is 0.0603. The number of rotatable bonds is 3. The Morgan fingerprint density at radius 1 is 0.821 bits per heavy atom. The molecule has 0 atom stereocenters. The average molecular weight is 381 g/mol. The topological polar surface area (TPSA) is 42.2 Å². The van der Waals surface area contributed by atoms with Crippen LogP contribution in [0.15, 0.2) is 71.5 Å². The molecule has 0 spiro atoms. The average Bonchev–Trinajstić information content (AvgIpc) is 2.67. The van der Waals surface area contributed by atoms with E-state index >= 15 is 0 Å². The zero-order chi connectivity index (χ0) is 19.8. The number of pyridine rings is 1. The molecular formula is C22H14F3NO2. The van der Waals surface area contributed by atoms with Crippen LogP contribution in [0.25, 0.3) is 22.0 Å². The third-order valence-electron chi connectivity index (χ3n) is 4.58. The highest BCUT2D eigenvalue weighted by Crippen LogP contribution is 2.26. The van der Waals surface area contributed by atoms with E-state index in [0.29, 0.717) is 16.6 Å². The predicted molar refractivity (Wildman–Crippen MR) is 101 cm³/mol. The monoisotopic (exact) mass is 381 g/mol. The second-order valence-electron chi connectivity index (χ2n) is 6.44. The van der Waals surface area contributed by atoms with E-state index in [1.165, 1.54) is 34.9 Å². The zero-order valence-corrected chi connectivity index (χ0v) is 14.5. The molecule has 0 aliphatic heterocycles. The van der Waals surface area contributed by atoms with Crippen LogP contribution in [0.5, 0.6) is 5.75 Å². The molecule has 4 rings (SSSR count). The Morgan fingerprint density at radius 2 is 1.50 bits per heavy atom. The number of aromatic nitrogens is 1. The van der Waals surface area contributed by atoms with Crippen molar-refractivity contribution < 1.29 is 18.3 Å². The smallest absolute Gasteiger partial charge is 0.259 e. The van der Waals surface area contributed by atoms with E-state index in [9.17, 15) is 23.1 Å². The number of halogens is 3. The third-order valence-corrected chi connectivity index (χ3v) is 4.58. The van der Waals surface area contributed by atoms with Gasteiger partial charge in [-0.1, -0.05) is 12.1 Å². The van der Waals surface area contributed by atoms with Crippen LogP contribution in [-0.4, -0.2) is 9.67 Å². The number of hydrogen-bond donors (Lipinski definition) is 1. The van der Waals surface area contributed by atoms with E-state index in [2.05, 4.69) is 0 Å². The Balaban J connectivity index is 1.98. The van der Waals surface area contributed by atoms with Crippen LogP contribution in [-0.2, 0) is 6.54 Å². The van der Waals surface area contributed by atoms with Gasteiger partial charge in [-0.25, -0.2) is 13.2 Å². The third kappa shape index (κ3) is 3.24. The molecule has 0 saturated heterocycles. The van der Waals surface area contributed by atoms with Gasteiger partial charge in [0.1, 0.15) is 23.2 Å². The molecule has 3 aromatic carbocycles. The van der Waals surface area contributed by atoms with Crippen LogP contribution in [0.3, 0.4) is 0 Å². The first-order chi connectivity index (χ1) is 13.4. The number of benzene rings is 3. The summed E-state index contributed by atoms with van der Waals surface area (Å²) in [5, 5.41) is 10.2. The van der Waals surface area contributed by atoms with Gasteiger partial charge >= 0.3 is 0 Å². The molecule has 4 aromatic rings. The number of nitrogens with zero attached hydrogens (tertiary/aromatic N) is 1. The van der Waals surface area contributed by atoms with E-state index in [-0.39, 0.29) is 23.2 Å². The summed E-state index contributed by atoms with van der Waals surface area (Å²) in [6.45, 7) is -0.159. The lowest BCUT2D eigenvalue weighted by molar-refractivity contribution is 0.475. The summed E-state index contributed by atoms with van der Waals surface area (Å²) in [5.41, 5.74) is 0.708. The zero-order valence-electron chi connectivity index (χ0n) is 14.5. The molecule has 0 radical (unpaired) electrons. The predicted octanol–water partition coefficient (Wildman–Crippen LogP) is 4.84. The van der Waals surface area contributed by atoms with Crippen molar-refractivity contribution in [3.8, 4) is 17.0 Å². The summed E-state index contributed by atoms with van der Waals surface area (Å²) in [7, 11) is 0. The first-order valence-electron chi connectivity index (χ1n) is 8.49. The minimum atomic E-state index is -0.775. The number of phenolic OH excluding ortho intramolecular Hbond substituents is 1. The largest absolute Gasteiger partial charge is 0.508 e. The van der Waals surface area contributed by atoms with Crippen molar-refractivity contribution >= 4 is 10.8 Å². The van der Waals surface area contributed by atoms with Gasteiger partial charge in [0.25, 0.3) is 5.56 Å². The maximum absolute atomic E-state index is 14.2. The Morgan fingerprint density at radius 3 is 2.21 bits per heavy atom. The Kier molecular flexibility index (Phi) is 4.39. The molecule has 0 bridgehead atoms. The SMILES string of the molecule is O=c1c2cc(F)ccc2cc(-c2ccc(O)cc2)n1Cc1ccc(F)cc1F. The summed E-state index contributed by atoms with van der Waals surface area (Å²) in [4.78, 5) is 13.1. The standard InChI is InChI=1S/C22H14F3NO2/c23-16-5-1-14-9-21(13-3-7-18(27)8-4-13)26(22(28)19(14)10-16)12-15-2-6-17(24)11-20(15)25/h1-11,27H,12H2. The molecule has 0 aliphatic carbocycles. The first-order valence-corrected chi connectivity index (χ1v) is 8.49. The number of fused-ring (bicyclic) bond motifs is 1. The minimum Gasteiger partial charge on any atom is -0.508 e. The molecule has 3 nitrogen and oxygen atoms in total. The Bertz CT molecular complexity index is 1250. The molecule has 28 heavy (non-hydrogen) atoms. The van der Waals surface area contributed by atoms with E-state index in [1.54, 1.807) is 18.2 Å². The van der Waals surface area contributed by atoms with Crippen LogP contribution in [0.1, 0.15) is 5.56 Å². The molecule has 0 saturated carbocycles. The Labute approximate surface area is 157 Å². The highest BCUT2D eigenvalue weighted by atomic mass is 19.1. The van der Waals surface area contributed by atoms with Crippen molar-refractivity contribution in [1.29, 1.82) is 0 Å². The van der Waals surface area contributed by atoms with Gasteiger partial charge in [0.2, 0.25) is 0 Å².